The molecule has 1 heterocycles. The van der Waals surface area contributed by atoms with E-state index in [4.69, 9.17) is 0 Å². The van der Waals surface area contributed by atoms with E-state index < -0.39 is 10.0 Å². The Balaban J connectivity index is 0.00000242. The van der Waals surface area contributed by atoms with E-state index in [1.54, 1.807) is 14.0 Å². The molecule has 0 unspecified atom stereocenters. The van der Waals surface area contributed by atoms with Crippen LogP contribution in [-0.4, -0.2) is 46.8 Å². The van der Waals surface area contributed by atoms with Crippen molar-refractivity contribution in [2.24, 2.45) is 4.99 Å². The van der Waals surface area contributed by atoms with Crippen LogP contribution >= 0.6 is 24.0 Å². The first kappa shape index (κ1) is 19.2. The summed E-state index contributed by atoms with van der Waals surface area (Å²) in [6.07, 6.45) is 0.999. The lowest BCUT2D eigenvalue weighted by Crippen LogP contribution is -2.43. The third kappa shape index (κ3) is 4.82. The van der Waals surface area contributed by atoms with Gasteiger partial charge in [0.15, 0.2) is 5.96 Å². The molecule has 1 aliphatic rings. The molecule has 1 aliphatic heterocycles. The van der Waals surface area contributed by atoms with E-state index in [9.17, 15) is 8.42 Å². The summed E-state index contributed by atoms with van der Waals surface area (Å²) in [6.45, 7) is 3.37. The van der Waals surface area contributed by atoms with Gasteiger partial charge in [0.25, 0.3) is 0 Å². The van der Waals surface area contributed by atoms with Crippen molar-refractivity contribution in [3.63, 3.8) is 0 Å². The van der Waals surface area contributed by atoms with Crippen LogP contribution < -0.4 is 14.9 Å². The van der Waals surface area contributed by atoms with Gasteiger partial charge in [0.05, 0.1) is 5.75 Å². The van der Waals surface area contributed by atoms with Crippen LogP contribution in [0.1, 0.15) is 12.5 Å². The SMILES string of the molecule is CCS(=O)(=O)NCCNC(=NC)N1CCc2ccccc21.I. The zero-order valence-corrected chi connectivity index (χ0v) is 16.0. The van der Waals surface area contributed by atoms with Crippen molar-refractivity contribution in [1.82, 2.24) is 10.0 Å². The van der Waals surface area contributed by atoms with Crippen LogP contribution in [0.3, 0.4) is 0 Å². The second-order valence-electron chi connectivity index (χ2n) is 4.80. The highest BCUT2D eigenvalue weighted by Gasteiger charge is 2.22. The van der Waals surface area contributed by atoms with Gasteiger partial charge >= 0.3 is 0 Å². The third-order valence-corrected chi connectivity index (χ3v) is 4.87. The molecular formula is C14H23IN4O2S. The summed E-state index contributed by atoms with van der Waals surface area (Å²) in [5.74, 6) is 0.872. The number of anilines is 1. The second kappa shape index (κ2) is 8.68. The number of benzene rings is 1. The maximum absolute atomic E-state index is 11.4. The molecule has 0 fully saturated rings. The largest absolute Gasteiger partial charge is 0.355 e. The molecule has 0 amide bonds. The molecule has 124 valence electrons. The van der Waals surface area contributed by atoms with Crippen molar-refractivity contribution in [2.75, 3.05) is 37.3 Å². The number of fused-ring (bicyclic) bond motifs is 1. The molecule has 1 aromatic rings. The predicted octanol–water partition coefficient (Wildman–Crippen LogP) is 1.18. The topological polar surface area (TPSA) is 73.8 Å². The number of sulfonamides is 1. The fourth-order valence-corrected chi connectivity index (χ4v) is 2.95. The highest BCUT2D eigenvalue weighted by Crippen LogP contribution is 2.27. The van der Waals surface area contributed by atoms with Gasteiger partial charge in [0, 0.05) is 32.4 Å². The molecular weight excluding hydrogens is 415 g/mol. The molecule has 8 heteroatoms. The molecule has 0 bridgehead atoms. The number of nitrogens with one attached hydrogen (secondary N) is 2. The lowest BCUT2D eigenvalue weighted by atomic mass is 10.2. The van der Waals surface area contributed by atoms with E-state index in [1.807, 2.05) is 12.1 Å². The Morgan fingerprint density at radius 3 is 2.73 bits per heavy atom. The van der Waals surface area contributed by atoms with Crippen molar-refractivity contribution in [3.8, 4) is 0 Å². The molecule has 6 nitrogen and oxygen atoms in total. The second-order valence-corrected chi connectivity index (χ2v) is 6.90. The first-order chi connectivity index (χ1) is 10.1. The summed E-state index contributed by atoms with van der Waals surface area (Å²) < 4.78 is 25.2. The highest BCUT2D eigenvalue weighted by atomic mass is 127. The minimum atomic E-state index is -3.14. The number of para-hydroxylation sites is 1. The monoisotopic (exact) mass is 438 g/mol. The van der Waals surface area contributed by atoms with Crippen LogP contribution in [0.15, 0.2) is 29.3 Å². The van der Waals surface area contributed by atoms with Crippen LogP contribution in [0.2, 0.25) is 0 Å². The Morgan fingerprint density at radius 2 is 2.05 bits per heavy atom. The number of hydrogen-bond acceptors (Lipinski definition) is 3. The summed E-state index contributed by atoms with van der Waals surface area (Å²) in [4.78, 5) is 6.41. The minimum Gasteiger partial charge on any atom is -0.355 e. The maximum atomic E-state index is 11.4. The quantitative estimate of drug-likeness (QED) is 0.314. The van der Waals surface area contributed by atoms with Crippen molar-refractivity contribution in [2.45, 2.75) is 13.3 Å². The van der Waals surface area contributed by atoms with Gasteiger partial charge in [0.2, 0.25) is 10.0 Å². The van der Waals surface area contributed by atoms with Crippen molar-refractivity contribution >= 4 is 45.6 Å². The Labute approximate surface area is 149 Å². The summed E-state index contributed by atoms with van der Waals surface area (Å²) in [5.41, 5.74) is 2.48. The fourth-order valence-electron chi connectivity index (χ4n) is 2.34. The number of aliphatic imine (C=N–C) groups is 1. The number of nitrogens with zero attached hydrogens (tertiary/aromatic N) is 2. The molecule has 0 atom stereocenters. The number of hydrogen-bond donors (Lipinski definition) is 2. The minimum absolute atomic E-state index is 0. The van der Waals surface area contributed by atoms with E-state index in [-0.39, 0.29) is 29.7 Å². The Hall–Kier alpha value is -0.870. The molecule has 0 saturated heterocycles. The van der Waals surface area contributed by atoms with Crippen molar-refractivity contribution < 1.29 is 8.42 Å². The van der Waals surface area contributed by atoms with Gasteiger partial charge in [-0.1, -0.05) is 18.2 Å². The molecule has 2 rings (SSSR count). The van der Waals surface area contributed by atoms with E-state index in [0.717, 1.165) is 18.9 Å². The molecule has 0 spiro atoms. The predicted molar refractivity (Wildman–Crippen MR) is 102 cm³/mol. The molecule has 0 aliphatic carbocycles. The molecule has 1 aromatic carbocycles. The van der Waals surface area contributed by atoms with E-state index in [1.165, 1.54) is 11.3 Å². The average Bonchev–Trinajstić information content (AvgIpc) is 2.91. The van der Waals surface area contributed by atoms with Crippen LogP contribution in [0.5, 0.6) is 0 Å². The van der Waals surface area contributed by atoms with Gasteiger partial charge in [-0.05, 0) is 25.0 Å². The smallest absolute Gasteiger partial charge is 0.211 e. The summed E-state index contributed by atoms with van der Waals surface area (Å²) in [6, 6.07) is 8.25. The highest BCUT2D eigenvalue weighted by molar-refractivity contribution is 14.0. The lowest BCUT2D eigenvalue weighted by Gasteiger charge is -2.22. The fraction of sp³-hybridized carbons (Fsp3) is 0.500. The molecule has 0 radical (unpaired) electrons. The van der Waals surface area contributed by atoms with Crippen LogP contribution in [0.25, 0.3) is 0 Å². The first-order valence-corrected chi connectivity index (χ1v) is 8.76. The van der Waals surface area contributed by atoms with Gasteiger partial charge in [-0.25, -0.2) is 13.1 Å². The zero-order chi connectivity index (χ0) is 15.3. The van der Waals surface area contributed by atoms with E-state index >= 15 is 0 Å². The average molecular weight is 438 g/mol. The van der Waals surface area contributed by atoms with Gasteiger partial charge in [-0.2, -0.15) is 0 Å². The Kier molecular flexibility index (Phi) is 7.57. The molecule has 2 N–H and O–H groups in total. The van der Waals surface area contributed by atoms with Crippen molar-refractivity contribution in [3.05, 3.63) is 29.8 Å². The first-order valence-electron chi connectivity index (χ1n) is 7.11. The van der Waals surface area contributed by atoms with Gasteiger partial charge < -0.3 is 10.2 Å². The molecule has 0 aromatic heterocycles. The normalized spacial score (nSPS) is 14.5. The van der Waals surface area contributed by atoms with Crippen LogP contribution in [0, 0.1) is 0 Å². The van der Waals surface area contributed by atoms with Crippen LogP contribution in [0.4, 0.5) is 5.69 Å². The number of rotatable bonds is 5. The van der Waals surface area contributed by atoms with Gasteiger partial charge in [0.1, 0.15) is 0 Å². The third-order valence-electron chi connectivity index (χ3n) is 3.46. The maximum Gasteiger partial charge on any atom is 0.211 e. The van der Waals surface area contributed by atoms with Gasteiger partial charge in [-0.15, -0.1) is 24.0 Å². The molecule has 22 heavy (non-hydrogen) atoms. The van der Waals surface area contributed by atoms with E-state index in [0.29, 0.717) is 13.1 Å². The molecule has 0 saturated carbocycles. The van der Waals surface area contributed by atoms with Crippen molar-refractivity contribution in [1.29, 1.82) is 0 Å². The lowest BCUT2D eigenvalue weighted by molar-refractivity contribution is 0.582. The standard InChI is InChI=1S/C14H22N4O2S.HI/c1-3-21(19,20)17-10-9-16-14(15-2)18-11-8-12-6-4-5-7-13(12)18;/h4-7,17H,3,8-11H2,1-2H3,(H,15,16);1H. The summed E-state index contributed by atoms with van der Waals surface area (Å²) in [5, 5.41) is 3.20. The zero-order valence-electron chi connectivity index (χ0n) is 12.9. The Morgan fingerprint density at radius 1 is 1.32 bits per heavy atom. The number of guanidine groups is 1. The van der Waals surface area contributed by atoms with E-state index in [2.05, 4.69) is 32.1 Å². The summed E-state index contributed by atoms with van der Waals surface area (Å²) >= 11 is 0. The van der Waals surface area contributed by atoms with Gasteiger partial charge in [-0.3, -0.25) is 4.99 Å². The van der Waals surface area contributed by atoms with Crippen LogP contribution in [-0.2, 0) is 16.4 Å². The Bertz CT molecular complexity index is 619. The summed E-state index contributed by atoms with van der Waals surface area (Å²) in [7, 11) is -1.40. The number of halogens is 1.